The maximum Gasteiger partial charge on any atom is 0.273 e. The van der Waals surface area contributed by atoms with Gasteiger partial charge in [0.05, 0.1) is 12.2 Å². The number of hydrogen-bond donors (Lipinski definition) is 0. The van der Waals surface area contributed by atoms with Gasteiger partial charge in [0.15, 0.2) is 0 Å². The first-order valence-corrected chi connectivity index (χ1v) is 13.8. The number of carbonyl (C=O) groups excluding carboxylic acids is 1. The molecule has 1 amide bonds. The van der Waals surface area contributed by atoms with Crippen LogP contribution in [0.15, 0.2) is 69.1 Å². The van der Waals surface area contributed by atoms with Crippen LogP contribution in [-0.4, -0.2) is 42.5 Å². The number of pyridine rings is 1. The van der Waals surface area contributed by atoms with E-state index >= 15 is 0 Å². The molecule has 10 heteroatoms. The predicted molar refractivity (Wildman–Crippen MR) is 149 cm³/mol. The smallest absolute Gasteiger partial charge is 0.273 e. The van der Waals surface area contributed by atoms with Gasteiger partial charge in [-0.25, -0.2) is 15.0 Å². The highest BCUT2D eigenvalue weighted by Crippen LogP contribution is 2.36. The Bertz CT molecular complexity index is 1690. The van der Waals surface area contributed by atoms with Crippen molar-refractivity contribution in [2.75, 3.05) is 6.54 Å². The second kappa shape index (κ2) is 10.5. The van der Waals surface area contributed by atoms with Gasteiger partial charge in [-0.3, -0.25) is 4.79 Å². The maximum absolute atomic E-state index is 13.9. The molecular formula is C30H26N6O3S. The van der Waals surface area contributed by atoms with Gasteiger partial charge in [-0.1, -0.05) is 36.3 Å². The number of rotatable bonds is 7. The minimum absolute atomic E-state index is 0.0915. The molecule has 6 rings (SSSR count). The highest BCUT2D eigenvalue weighted by molar-refractivity contribution is 7.09. The van der Waals surface area contributed by atoms with Gasteiger partial charge in [0.1, 0.15) is 28.1 Å². The molecule has 1 aliphatic heterocycles. The molecule has 200 valence electrons. The normalized spacial score (nSPS) is 16.5. The third kappa shape index (κ3) is 4.92. The van der Waals surface area contributed by atoms with Crippen molar-refractivity contribution in [2.24, 2.45) is 0 Å². The molecule has 0 saturated carbocycles. The summed E-state index contributed by atoms with van der Waals surface area (Å²) >= 11 is 1.57. The molecule has 0 spiro atoms. The van der Waals surface area contributed by atoms with Crippen molar-refractivity contribution >= 4 is 17.2 Å². The van der Waals surface area contributed by atoms with Gasteiger partial charge in [0.25, 0.3) is 5.91 Å². The summed E-state index contributed by atoms with van der Waals surface area (Å²) in [4.78, 5) is 29.2. The average Bonchev–Trinajstić information content (AvgIpc) is 3.80. The number of thiazole rings is 1. The molecule has 0 radical (unpaired) electrons. The lowest BCUT2D eigenvalue weighted by Crippen LogP contribution is -2.31. The number of hydrogen-bond acceptors (Lipinski definition) is 9. The summed E-state index contributed by atoms with van der Waals surface area (Å²) in [5.41, 5.74) is 2.32. The molecule has 5 heterocycles. The summed E-state index contributed by atoms with van der Waals surface area (Å²) in [6.45, 7) is 4.47. The Hall–Kier alpha value is -4.62. The average molecular weight is 551 g/mol. The highest BCUT2D eigenvalue weighted by atomic mass is 32.1. The SMILES string of the molecule is C#CC(C)(Cc1ccccc1)c1nnc(-c2cc(C(=O)N3CCCC3c3nc(C)cs3)nc(-c3ncco3)c2)o1. The fourth-order valence-corrected chi connectivity index (χ4v) is 5.86. The fraction of sp³-hybridized carbons (Fsp3) is 0.267. The van der Waals surface area contributed by atoms with E-state index in [-0.39, 0.29) is 29.4 Å². The number of carbonyl (C=O) groups is 1. The van der Waals surface area contributed by atoms with Crippen LogP contribution >= 0.6 is 11.3 Å². The molecule has 0 aliphatic carbocycles. The van der Waals surface area contributed by atoms with E-state index in [4.69, 9.17) is 15.3 Å². The van der Waals surface area contributed by atoms with Gasteiger partial charge >= 0.3 is 0 Å². The van der Waals surface area contributed by atoms with E-state index in [0.717, 1.165) is 29.1 Å². The summed E-state index contributed by atoms with van der Waals surface area (Å²) < 4.78 is 11.7. The maximum atomic E-state index is 13.9. The third-order valence-electron chi connectivity index (χ3n) is 6.99. The quantitative estimate of drug-likeness (QED) is 0.239. The summed E-state index contributed by atoms with van der Waals surface area (Å²) in [5, 5.41) is 11.5. The zero-order valence-corrected chi connectivity index (χ0v) is 22.9. The largest absolute Gasteiger partial charge is 0.443 e. The highest BCUT2D eigenvalue weighted by Gasteiger charge is 2.35. The van der Waals surface area contributed by atoms with Crippen LogP contribution < -0.4 is 0 Å². The zero-order chi connectivity index (χ0) is 27.7. The first-order valence-electron chi connectivity index (χ1n) is 12.9. The molecule has 0 N–H and O–H groups in total. The zero-order valence-electron chi connectivity index (χ0n) is 22.1. The molecule has 1 aliphatic rings. The molecule has 40 heavy (non-hydrogen) atoms. The van der Waals surface area contributed by atoms with Crippen LogP contribution in [0.1, 0.15) is 58.5 Å². The Balaban J connectivity index is 1.36. The summed E-state index contributed by atoms with van der Waals surface area (Å²) in [6, 6.07) is 13.2. The van der Waals surface area contributed by atoms with Crippen molar-refractivity contribution in [3.63, 3.8) is 0 Å². The van der Waals surface area contributed by atoms with Crippen molar-refractivity contribution in [1.82, 2.24) is 30.0 Å². The minimum Gasteiger partial charge on any atom is -0.443 e. The Kier molecular flexibility index (Phi) is 6.74. The van der Waals surface area contributed by atoms with E-state index in [1.165, 1.54) is 12.5 Å². The van der Waals surface area contributed by atoms with Crippen LogP contribution in [0, 0.1) is 19.3 Å². The Morgan fingerprint density at radius 3 is 2.77 bits per heavy atom. The summed E-state index contributed by atoms with van der Waals surface area (Å²) in [6.07, 6.45) is 11.2. The molecule has 0 bridgehead atoms. The van der Waals surface area contributed by atoms with E-state index in [1.807, 2.05) is 54.5 Å². The predicted octanol–water partition coefficient (Wildman–Crippen LogP) is 5.66. The number of likely N-dealkylation sites (tertiary alicyclic amines) is 1. The summed E-state index contributed by atoms with van der Waals surface area (Å²) in [5.74, 6) is 3.44. The number of oxazole rings is 1. The van der Waals surface area contributed by atoms with Gasteiger partial charge in [0.2, 0.25) is 17.7 Å². The molecule has 1 aromatic carbocycles. The second-order valence-electron chi connectivity index (χ2n) is 10.00. The van der Waals surface area contributed by atoms with Crippen molar-refractivity contribution < 1.29 is 13.6 Å². The Morgan fingerprint density at radius 2 is 2.05 bits per heavy atom. The van der Waals surface area contributed by atoms with Crippen LogP contribution in [0.2, 0.25) is 0 Å². The van der Waals surface area contributed by atoms with E-state index in [1.54, 1.807) is 23.5 Å². The monoisotopic (exact) mass is 550 g/mol. The van der Waals surface area contributed by atoms with Crippen molar-refractivity contribution in [1.29, 1.82) is 0 Å². The summed E-state index contributed by atoms with van der Waals surface area (Å²) in [7, 11) is 0. The molecule has 1 saturated heterocycles. The molecule has 5 aromatic rings. The van der Waals surface area contributed by atoms with E-state index in [2.05, 4.69) is 31.1 Å². The van der Waals surface area contributed by atoms with Crippen LogP contribution in [0.3, 0.4) is 0 Å². The second-order valence-corrected chi connectivity index (χ2v) is 10.9. The fourth-order valence-electron chi connectivity index (χ4n) is 4.92. The van der Waals surface area contributed by atoms with Crippen LogP contribution in [0.25, 0.3) is 23.0 Å². The van der Waals surface area contributed by atoms with Gasteiger partial charge in [-0.15, -0.1) is 28.0 Å². The van der Waals surface area contributed by atoms with Crippen molar-refractivity contribution in [3.8, 4) is 35.4 Å². The number of benzene rings is 1. The number of aromatic nitrogens is 5. The number of terminal acetylenes is 1. The minimum atomic E-state index is -0.821. The van der Waals surface area contributed by atoms with Crippen LogP contribution in [-0.2, 0) is 11.8 Å². The molecule has 9 nitrogen and oxygen atoms in total. The van der Waals surface area contributed by atoms with E-state index < -0.39 is 5.41 Å². The van der Waals surface area contributed by atoms with Gasteiger partial charge in [-0.2, -0.15) is 0 Å². The molecule has 2 unspecified atom stereocenters. The van der Waals surface area contributed by atoms with Gasteiger partial charge < -0.3 is 13.7 Å². The standard InChI is InChI=1S/C30H26N6O3S/c1-4-30(3,17-20-9-6-5-7-10-20)29-35-34-25(39-29)21-15-22(26-31-12-14-38-26)33-23(16-21)28(37)36-13-8-11-24(36)27-32-19(2)18-40-27/h1,5-7,9-10,12,14-16,18,24H,8,11,13,17H2,2-3H3. The molecule has 4 aromatic heterocycles. The lowest BCUT2D eigenvalue weighted by atomic mass is 9.84. The van der Waals surface area contributed by atoms with Gasteiger partial charge in [-0.05, 0) is 50.8 Å². The molecule has 1 fully saturated rings. The first-order chi connectivity index (χ1) is 19.4. The van der Waals surface area contributed by atoms with Crippen molar-refractivity contribution in [3.05, 3.63) is 88.2 Å². The Labute approximate surface area is 235 Å². The Morgan fingerprint density at radius 1 is 1.20 bits per heavy atom. The number of aryl methyl sites for hydroxylation is 1. The molecular weight excluding hydrogens is 524 g/mol. The molecule has 2 atom stereocenters. The lowest BCUT2D eigenvalue weighted by Gasteiger charge is -2.23. The van der Waals surface area contributed by atoms with Crippen LogP contribution in [0.4, 0.5) is 0 Å². The third-order valence-corrected chi connectivity index (χ3v) is 8.06. The van der Waals surface area contributed by atoms with E-state index in [0.29, 0.717) is 30.1 Å². The van der Waals surface area contributed by atoms with E-state index in [9.17, 15) is 4.79 Å². The number of nitrogens with zero attached hydrogens (tertiary/aromatic N) is 6. The van der Waals surface area contributed by atoms with Gasteiger partial charge in [0, 0.05) is 23.2 Å². The van der Waals surface area contributed by atoms with Crippen LogP contribution in [0.5, 0.6) is 0 Å². The van der Waals surface area contributed by atoms with Crippen molar-refractivity contribution in [2.45, 2.75) is 44.6 Å². The lowest BCUT2D eigenvalue weighted by molar-refractivity contribution is 0.0729. The first kappa shape index (κ1) is 25.6. The number of amides is 1. The topological polar surface area (TPSA) is 111 Å².